The Morgan fingerprint density at radius 2 is 1.92 bits per heavy atom. The lowest BCUT2D eigenvalue weighted by Gasteiger charge is -2.22. The molecule has 0 radical (unpaired) electrons. The van der Waals surface area contributed by atoms with E-state index in [-0.39, 0.29) is 11.9 Å². The molecule has 6 nitrogen and oxygen atoms in total. The Balaban J connectivity index is 1.47. The van der Waals surface area contributed by atoms with E-state index >= 15 is 0 Å². The van der Waals surface area contributed by atoms with Gasteiger partial charge in [0, 0.05) is 43.9 Å². The van der Waals surface area contributed by atoms with Crippen LogP contribution in [0.25, 0.3) is 0 Å². The van der Waals surface area contributed by atoms with Gasteiger partial charge in [-0.25, -0.2) is 4.79 Å². The second kappa shape index (κ2) is 10.6. The summed E-state index contributed by atoms with van der Waals surface area (Å²) in [5, 5.41) is 8.71. The number of amides is 3. The first kappa shape index (κ1) is 18.2. The molecule has 0 aromatic carbocycles. The molecule has 0 spiro atoms. The van der Waals surface area contributed by atoms with Gasteiger partial charge in [0.1, 0.15) is 0 Å². The van der Waals surface area contributed by atoms with Gasteiger partial charge in [-0.3, -0.25) is 9.78 Å². The van der Waals surface area contributed by atoms with Crippen molar-refractivity contribution in [2.75, 3.05) is 13.1 Å². The molecule has 1 saturated carbocycles. The molecule has 1 aliphatic carbocycles. The number of nitrogens with zero attached hydrogens (tertiary/aromatic N) is 1. The zero-order valence-corrected chi connectivity index (χ0v) is 14.2. The predicted octanol–water partition coefficient (Wildman–Crippen LogP) is 2.15. The summed E-state index contributed by atoms with van der Waals surface area (Å²) in [6.07, 6.45) is 9.37. The summed E-state index contributed by atoms with van der Waals surface area (Å²) in [6.45, 7) is 1.11. The molecule has 3 amide bonds. The van der Waals surface area contributed by atoms with Gasteiger partial charge in [0.15, 0.2) is 0 Å². The lowest BCUT2D eigenvalue weighted by Crippen LogP contribution is -2.43. The van der Waals surface area contributed by atoms with Gasteiger partial charge in [0.2, 0.25) is 5.91 Å². The van der Waals surface area contributed by atoms with Crippen molar-refractivity contribution in [1.29, 1.82) is 0 Å². The van der Waals surface area contributed by atoms with Gasteiger partial charge in [-0.15, -0.1) is 0 Å². The molecule has 6 heteroatoms. The lowest BCUT2D eigenvalue weighted by atomic mass is 9.96. The Morgan fingerprint density at radius 1 is 1.08 bits per heavy atom. The molecule has 0 unspecified atom stereocenters. The van der Waals surface area contributed by atoms with E-state index in [4.69, 9.17) is 0 Å². The van der Waals surface area contributed by atoms with Crippen molar-refractivity contribution in [3.8, 4) is 0 Å². The second-order valence-electron chi connectivity index (χ2n) is 6.26. The number of aromatic nitrogens is 1. The summed E-state index contributed by atoms with van der Waals surface area (Å²) in [5.41, 5.74) is 0.971. The Kier molecular flexibility index (Phi) is 8.07. The van der Waals surface area contributed by atoms with Crippen LogP contribution in [0.5, 0.6) is 0 Å². The van der Waals surface area contributed by atoms with E-state index in [0.29, 0.717) is 32.0 Å². The summed E-state index contributed by atoms with van der Waals surface area (Å²) in [5.74, 6) is 0.0143. The van der Waals surface area contributed by atoms with E-state index in [2.05, 4.69) is 20.9 Å². The molecule has 0 aliphatic heterocycles. The quantitative estimate of drug-likeness (QED) is 0.638. The van der Waals surface area contributed by atoms with Crippen LogP contribution in [0.3, 0.4) is 0 Å². The van der Waals surface area contributed by atoms with E-state index in [1.807, 2.05) is 18.2 Å². The minimum absolute atomic E-state index is 0.0143. The maximum absolute atomic E-state index is 11.8. The van der Waals surface area contributed by atoms with E-state index in [9.17, 15) is 9.59 Å². The summed E-state index contributed by atoms with van der Waals surface area (Å²) < 4.78 is 0. The minimum Gasteiger partial charge on any atom is -0.356 e. The number of rotatable bonds is 8. The third-order valence-corrected chi connectivity index (χ3v) is 4.24. The molecule has 1 heterocycles. The molecule has 0 saturated heterocycles. The number of pyridine rings is 1. The molecule has 2 rings (SSSR count). The molecule has 24 heavy (non-hydrogen) atoms. The summed E-state index contributed by atoms with van der Waals surface area (Å²) in [6, 6.07) is 5.96. The van der Waals surface area contributed by atoms with Crippen molar-refractivity contribution in [2.45, 2.75) is 57.4 Å². The van der Waals surface area contributed by atoms with Gasteiger partial charge in [0.05, 0.1) is 0 Å². The van der Waals surface area contributed by atoms with Gasteiger partial charge in [-0.05, 0) is 31.4 Å². The minimum atomic E-state index is -0.113. The van der Waals surface area contributed by atoms with E-state index < -0.39 is 0 Å². The predicted molar refractivity (Wildman–Crippen MR) is 93.6 cm³/mol. The fraction of sp³-hybridized carbons (Fsp3) is 0.611. The van der Waals surface area contributed by atoms with Crippen LogP contribution in [0.15, 0.2) is 24.4 Å². The average molecular weight is 332 g/mol. The highest BCUT2D eigenvalue weighted by Crippen LogP contribution is 2.17. The zero-order chi connectivity index (χ0) is 17.0. The first-order chi connectivity index (χ1) is 11.7. The van der Waals surface area contributed by atoms with Gasteiger partial charge in [0.25, 0.3) is 0 Å². The maximum Gasteiger partial charge on any atom is 0.315 e. The van der Waals surface area contributed by atoms with Crippen molar-refractivity contribution in [3.05, 3.63) is 30.1 Å². The highest BCUT2D eigenvalue weighted by molar-refractivity contribution is 5.76. The number of nitrogens with one attached hydrogen (secondary N) is 3. The Hall–Kier alpha value is -2.11. The standard InChI is InChI=1S/C18H28N4O2/c23-17(20-14-11-15-7-4-5-12-19-15)10-6-13-21-18(24)22-16-8-2-1-3-9-16/h4-5,7,12,16H,1-3,6,8-11,13-14H2,(H,20,23)(H2,21,22,24). The largest absolute Gasteiger partial charge is 0.356 e. The van der Waals surface area contributed by atoms with Gasteiger partial charge in [-0.1, -0.05) is 25.3 Å². The second-order valence-corrected chi connectivity index (χ2v) is 6.26. The van der Waals surface area contributed by atoms with Gasteiger partial charge in [-0.2, -0.15) is 0 Å². The first-order valence-electron chi connectivity index (χ1n) is 8.95. The SMILES string of the molecule is O=C(CCCNC(=O)NC1CCCCC1)NCCc1ccccn1. The molecular weight excluding hydrogens is 304 g/mol. The van der Waals surface area contributed by atoms with Gasteiger partial charge >= 0.3 is 6.03 Å². The fourth-order valence-electron chi connectivity index (χ4n) is 2.90. The molecule has 1 fully saturated rings. The van der Waals surface area contributed by atoms with Crippen molar-refractivity contribution in [2.24, 2.45) is 0 Å². The number of hydrogen-bond acceptors (Lipinski definition) is 3. The number of urea groups is 1. The molecule has 0 bridgehead atoms. The van der Waals surface area contributed by atoms with E-state index in [0.717, 1.165) is 25.0 Å². The van der Waals surface area contributed by atoms with Crippen LogP contribution in [-0.2, 0) is 11.2 Å². The van der Waals surface area contributed by atoms with Crippen molar-refractivity contribution >= 4 is 11.9 Å². The lowest BCUT2D eigenvalue weighted by molar-refractivity contribution is -0.121. The Bertz CT molecular complexity index is 501. The van der Waals surface area contributed by atoms with Crippen molar-refractivity contribution in [3.63, 3.8) is 0 Å². The molecule has 3 N–H and O–H groups in total. The monoisotopic (exact) mass is 332 g/mol. The van der Waals surface area contributed by atoms with Crippen LogP contribution < -0.4 is 16.0 Å². The van der Waals surface area contributed by atoms with Crippen LogP contribution in [-0.4, -0.2) is 36.1 Å². The van der Waals surface area contributed by atoms with Gasteiger partial charge < -0.3 is 16.0 Å². The smallest absolute Gasteiger partial charge is 0.315 e. The Morgan fingerprint density at radius 3 is 2.67 bits per heavy atom. The summed E-state index contributed by atoms with van der Waals surface area (Å²) >= 11 is 0. The highest BCUT2D eigenvalue weighted by Gasteiger charge is 2.15. The van der Waals surface area contributed by atoms with E-state index in [1.165, 1.54) is 19.3 Å². The van der Waals surface area contributed by atoms with Crippen LogP contribution in [0.2, 0.25) is 0 Å². The molecule has 1 aromatic rings. The van der Waals surface area contributed by atoms with Crippen LogP contribution in [0.1, 0.15) is 50.6 Å². The normalized spacial score (nSPS) is 14.8. The third kappa shape index (κ3) is 7.44. The topological polar surface area (TPSA) is 83.1 Å². The maximum atomic E-state index is 11.8. The third-order valence-electron chi connectivity index (χ3n) is 4.24. The van der Waals surface area contributed by atoms with Crippen LogP contribution >= 0.6 is 0 Å². The Labute approximate surface area is 143 Å². The first-order valence-corrected chi connectivity index (χ1v) is 8.95. The van der Waals surface area contributed by atoms with Crippen LogP contribution in [0.4, 0.5) is 4.79 Å². The van der Waals surface area contributed by atoms with Crippen LogP contribution in [0, 0.1) is 0 Å². The summed E-state index contributed by atoms with van der Waals surface area (Å²) in [7, 11) is 0. The fourth-order valence-corrected chi connectivity index (χ4v) is 2.90. The molecule has 1 aliphatic rings. The number of carbonyl (C=O) groups excluding carboxylic acids is 2. The van der Waals surface area contributed by atoms with E-state index in [1.54, 1.807) is 6.20 Å². The molecular formula is C18H28N4O2. The molecule has 132 valence electrons. The summed E-state index contributed by atoms with van der Waals surface area (Å²) in [4.78, 5) is 27.7. The zero-order valence-electron chi connectivity index (χ0n) is 14.2. The molecule has 0 atom stereocenters. The van der Waals surface area contributed by atoms with Crippen molar-refractivity contribution in [1.82, 2.24) is 20.9 Å². The number of hydrogen-bond donors (Lipinski definition) is 3. The average Bonchev–Trinajstić information content (AvgIpc) is 2.60. The molecule has 1 aromatic heterocycles. The number of carbonyl (C=O) groups is 2. The highest BCUT2D eigenvalue weighted by atomic mass is 16.2. The van der Waals surface area contributed by atoms with Crippen molar-refractivity contribution < 1.29 is 9.59 Å².